The molecule has 0 amide bonds. The molecular formula is C8H10N4O4S. The van der Waals surface area contributed by atoms with Gasteiger partial charge in [0.2, 0.25) is 10.0 Å². The number of esters is 1. The van der Waals surface area contributed by atoms with Gasteiger partial charge in [-0.3, -0.25) is 14.6 Å². The van der Waals surface area contributed by atoms with Crippen molar-refractivity contribution in [3.05, 3.63) is 11.8 Å². The molecule has 8 nitrogen and oxygen atoms in total. The van der Waals surface area contributed by atoms with Gasteiger partial charge in [-0.25, -0.2) is 8.42 Å². The monoisotopic (exact) mass is 258 g/mol. The van der Waals surface area contributed by atoms with Gasteiger partial charge in [0.15, 0.2) is 11.6 Å². The molecule has 9 heteroatoms. The number of carbonyl (C=O) groups excluding carboxylic acids is 1. The Kier molecular flexibility index (Phi) is 4.06. The van der Waals surface area contributed by atoms with Gasteiger partial charge in [0.25, 0.3) is 0 Å². The summed E-state index contributed by atoms with van der Waals surface area (Å²) in [5, 5.41) is 14.4. The van der Waals surface area contributed by atoms with E-state index in [4.69, 9.17) is 5.26 Å². The fourth-order valence-corrected chi connectivity index (χ4v) is 1.93. The number of nitrogens with one attached hydrogen (secondary N) is 2. The SMILES string of the molecule is CCOC(=O)CS(=O)(=O)Nc1[nH]ncc1C#N. The van der Waals surface area contributed by atoms with Crippen LogP contribution in [0.4, 0.5) is 5.82 Å². The quantitative estimate of drug-likeness (QED) is 0.691. The van der Waals surface area contributed by atoms with E-state index in [1.54, 1.807) is 13.0 Å². The Morgan fingerprint density at radius 1 is 1.71 bits per heavy atom. The van der Waals surface area contributed by atoms with Crippen LogP contribution in [0.2, 0.25) is 0 Å². The lowest BCUT2D eigenvalue weighted by atomic mass is 10.4. The van der Waals surface area contributed by atoms with Crippen molar-refractivity contribution in [3.8, 4) is 6.07 Å². The van der Waals surface area contributed by atoms with Crippen molar-refractivity contribution in [2.75, 3.05) is 17.1 Å². The fraction of sp³-hybridized carbons (Fsp3) is 0.375. The van der Waals surface area contributed by atoms with E-state index in [1.165, 1.54) is 6.20 Å². The second-order valence-electron chi connectivity index (χ2n) is 2.94. The van der Waals surface area contributed by atoms with E-state index in [9.17, 15) is 13.2 Å². The Balaban J connectivity index is 2.74. The van der Waals surface area contributed by atoms with E-state index in [2.05, 4.69) is 14.9 Å². The topological polar surface area (TPSA) is 125 Å². The Hall–Kier alpha value is -2.08. The number of hydrogen-bond acceptors (Lipinski definition) is 6. The minimum Gasteiger partial charge on any atom is -0.465 e. The summed E-state index contributed by atoms with van der Waals surface area (Å²) in [6, 6.07) is 1.74. The van der Waals surface area contributed by atoms with Gasteiger partial charge < -0.3 is 4.74 Å². The highest BCUT2D eigenvalue weighted by atomic mass is 32.2. The summed E-state index contributed by atoms with van der Waals surface area (Å²) in [4.78, 5) is 11.0. The van der Waals surface area contributed by atoms with E-state index in [-0.39, 0.29) is 18.0 Å². The molecule has 17 heavy (non-hydrogen) atoms. The second-order valence-corrected chi connectivity index (χ2v) is 4.66. The largest absolute Gasteiger partial charge is 0.465 e. The first-order chi connectivity index (χ1) is 7.98. The van der Waals surface area contributed by atoms with Gasteiger partial charge in [0.1, 0.15) is 11.6 Å². The molecule has 0 aliphatic carbocycles. The normalized spacial score (nSPS) is 10.6. The Bertz CT molecular complexity index is 542. The molecule has 0 aliphatic rings. The summed E-state index contributed by atoms with van der Waals surface area (Å²) in [6.45, 7) is 1.67. The first-order valence-corrected chi connectivity index (χ1v) is 6.23. The van der Waals surface area contributed by atoms with E-state index in [0.717, 1.165) is 0 Å². The lowest BCUT2D eigenvalue weighted by Crippen LogP contribution is -2.24. The van der Waals surface area contributed by atoms with Gasteiger partial charge in [-0.05, 0) is 6.92 Å². The van der Waals surface area contributed by atoms with Crippen LogP contribution in [0.25, 0.3) is 0 Å². The molecule has 0 radical (unpaired) electrons. The van der Waals surface area contributed by atoms with Crippen molar-refractivity contribution < 1.29 is 17.9 Å². The maximum atomic E-state index is 11.5. The summed E-state index contributed by atoms with van der Waals surface area (Å²) in [5.41, 5.74) is 0.0393. The number of carbonyl (C=O) groups is 1. The minimum absolute atomic E-state index is 0.0393. The maximum absolute atomic E-state index is 11.5. The molecule has 0 bridgehead atoms. The molecule has 1 rings (SSSR count). The van der Waals surface area contributed by atoms with Gasteiger partial charge in [0.05, 0.1) is 12.8 Å². The van der Waals surface area contributed by atoms with Crippen LogP contribution in [0.3, 0.4) is 0 Å². The highest BCUT2D eigenvalue weighted by Crippen LogP contribution is 2.11. The van der Waals surface area contributed by atoms with Crippen LogP contribution in [0.1, 0.15) is 12.5 Å². The summed E-state index contributed by atoms with van der Waals surface area (Å²) < 4.78 is 29.5. The predicted molar refractivity (Wildman–Crippen MR) is 57.3 cm³/mol. The van der Waals surface area contributed by atoms with Crippen molar-refractivity contribution in [1.82, 2.24) is 10.2 Å². The van der Waals surface area contributed by atoms with Crippen molar-refractivity contribution in [1.29, 1.82) is 5.26 Å². The molecule has 0 atom stereocenters. The van der Waals surface area contributed by atoms with Gasteiger partial charge in [-0.1, -0.05) is 0 Å². The Labute approximate surface area is 97.6 Å². The number of ether oxygens (including phenoxy) is 1. The zero-order valence-electron chi connectivity index (χ0n) is 8.93. The molecule has 1 heterocycles. The molecule has 92 valence electrons. The van der Waals surface area contributed by atoms with Gasteiger partial charge in [0, 0.05) is 0 Å². The third-order valence-corrected chi connectivity index (χ3v) is 2.76. The summed E-state index contributed by atoms with van der Waals surface area (Å²) in [5.74, 6) is -1.75. The number of nitrogens with zero attached hydrogens (tertiary/aromatic N) is 2. The maximum Gasteiger partial charge on any atom is 0.323 e. The van der Waals surface area contributed by atoms with E-state index in [0.29, 0.717) is 0 Å². The number of aromatic nitrogens is 2. The average Bonchev–Trinajstić information content (AvgIpc) is 2.63. The van der Waals surface area contributed by atoms with Crippen molar-refractivity contribution in [2.45, 2.75) is 6.92 Å². The standard InChI is InChI=1S/C8H10N4O4S/c1-2-16-7(13)5-17(14,15)12-8-6(3-9)4-10-11-8/h4H,2,5H2,1H3,(H2,10,11,12). The molecule has 0 saturated heterocycles. The number of hydrogen-bond donors (Lipinski definition) is 2. The molecule has 0 fully saturated rings. The Morgan fingerprint density at radius 2 is 2.41 bits per heavy atom. The molecular weight excluding hydrogens is 248 g/mol. The van der Waals surface area contributed by atoms with Crippen LogP contribution in [-0.4, -0.2) is 36.9 Å². The number of sulfonamides is 1. The molecule has 1 aromatic heterocycles. The van der Waals surface area contributed by atoms with Crippen LogP contribution in [0.5, 0.6) is 0 Å². The predicted octanol–water partition coefficient (Wildman–Crippen LogP) is -0.414. The average molecular weight is 258 g/mol. The van der Waals surface area contributed by atoms with Crippen LogP contribution in [0, 0.1) is 11.3 Å². The molecule has 1 aromatic rings. The highest BCUT2D eigenvalue weighted by Gasteiger charge is 2.19. The van der Waals surface area contributed by atoms with Crippen molar-refractivity contribution >= 4 is 21.8 Å². The summed E-state index contributed by atoms with van der Waals surface area (Å²) in [6.07, 6.45) is 1.17. The zero-order valence-corrected chi connectivity index (χ0v) is 9.74. The zero-order chi connectivity index (χ0) is 12.9. The number of nitriles is 1. The number of anilines is 1. The molecule has 0 spiro atoms. The van der Waals surface area contributed by atoms with Gasteiger partial charge in [-0.2, -0.15) is 10.4 Å². The number of aromatic amines is 1. The number of H-pyrrole nitrogens is 1. The van der Waals surface area contributed by atoms with Gasteiger partial charge in [-0.15, -0.1) is 0 Å². The molecule has 0 aromatic carbocycles. The van der Waals surface area contributed by atoms with E-state index < -0.39 is 21.7 Å². The first kappa shape index (κ1) is 13.0. The lowest BCUT2D eigenvalue weighted by molar-refractivity contribution is -0.139. The third-order valence-electron chi connectivity index (χ3n) is 1.63. The van der Waals surface area contributed by atoms with Crippen LogP contribution in [0.15, 0.2) is 6.20 Å². The summed E-state index contributed by atoms with van der Waals surface area (Å²) in [7, 11) is -3.91. The van der Waals surface area contributed by atoms with E-state index >= 15 is 0 Å². The van der Waals surface area contributed by atoms with Gasteiger partial charge >= 0.3 is 5.97 Å². The van der Waals surface area contributed by atoms with Crippen LogP contribution >= 0.6 is 0 Å². The molecule has 0 unspecified atom stereocenters. The van der Waals surface area contributed by atoms with Crippen molar-refractivity contribution in [3.63, 3.8) is 0 Å². The van der Waals surface area contributed by atoms with Crippen LogP contribution in [-0.2, 0) is 19.6 Å². The fourth-order valence-electron chi connectivity index (χ4n) is 0.998. The van der Waals surface area contributed by atoms with Crippen molar-refractivity contribution in [2.24, 2.45) is 0 Å². The van der Waals surface area contributed by atoms with Crippen LogP contribution < -0.4 is 4.72 Å². The lowest BCUT2D eigenvalue weighted by Gasteiger charge is -2.05. The highest BCUT2D eigenvalue weighted by molar-refractivity contribution is 7.93. The third kappa shape index (κ3) is 3.76. The first-order valence-electron chi connectivity index (χ1n) is 4.58. The second kappa shape index (κ2) is 5.31. The molecule has 0 saturated carbocycles. The summed E-state index contributed by atoms with van der Waals surface area (Å²) >= 11 is 0. The smallest absolute Gasteiger partial charge is 0.323 e. The molecule has 2 N–H and O–H groups in total. The Morgan fingerprint density at radius 3 is 3.00 bits per heavy atom. The minimum atomic E-state index is -3.91. The van der Waals surface area contributed by atoms with E-state index in [1.807, 2.05) is 4.72 Å². The molecule has 0 aliphatic heterocycles. The number of rotatable bonds is 5.